The minimum Gasteiger partial charge on any atom is -0.452 e. The van der Waals surface area contributed by atoms with E-state index in [2.05, 4.69) is 4.98 Å². The lowest BCUT2D eigenvalue weighted by atomic mass is 9.97. The average molecular weight is 342 g/mol. The number of rotatable bonds is 4. The van der Waals surface area contributed by atoms with E-state index >= 15 is 0 Å². The van der Waals surface area contributed by atoms with Gasteiger partial charge in [0.05, 0.1) is 0 Å². The van der Waals surface area contributed by atoms with Crippen LogP contribution in [0.2, 0.25) is 0 Å². The second kappa shape index (κ2) is 7.51. The molecule has 0 spiro atoms. The summed E-state index contributed by atoms with van der Waals surface area (Å²) in [4.78, 5) is 30.2. The molecule has 1 aliphatic rings. The first kappa shape index (κ1) is 17.2. The number of aromatic nitrogens is 1. The Hall–Kier alpha value is -2.63. The van der Waals surface area contributed by atoms with Crippen molar-refractivity contribution < 1.29 is 18.7 Å². The Kier molecular flexibility index (Phi) is 5.16. The van der Waals surface area contributed by atoms with E-state index in [1.54, 1.807) is 6.07 Å². The van der Waals surface area contributed by atoms with Crippen LogP contribution < -0.4 is 0 Å². The maximum absolute atomic E-state index is 12.3. The Labute approximate surface area is 146 Å². The van der Waals surface area contributed by atoms with E-state index in [9.17, 15) is 9.59 Å². The van der Waals surface area contributed by atoms with E-state index in [0.717, 1.165) is 24.8 Å². The predicted octanol–water partition coefficient (Wildman–Crippen LogP) is 3.17. The van der Waals surface area contributed by atoms with Crippen LogP contribution in [0.5, 0.6) is 0 Å². The molecule has 6 nitrogen and oxygen atoms in total. The number of hydrogen-bond donors (Lipinski definition) is 0. The Balaban J connectivity index is 1.54. The molecule has 2 heterocycles. The minimum absolute atomic E-state index is 0.150. The topological polar surface area (TPSA) is 72.6 Å². The molecular weight excluding hydrogens is 320 g/mol. The minimum atomic E-state index is -0.590. The summed E-state index contributed by atoms with van der Waals surface area (Å²) in [5.74, 6) is -0.418. The van der Waals surface area contributed by atoms with Crippen molar-refractivity contribution >= 4 is 29.1 Å². The van der Waals surface area contributed by atoms with E-state index in [1.165, 1.54) is 12.2 Å². The molecule has 1 fully saturated rings. The van der Waals surface area contributed by atoms with Crippen LogP contribution in [0.3, 0.4) is 0 Å². The molecule has 2 atom stereocenters. The van der Waals surface area contributed by atoms with Crippen molar-refractivity contribution in [3.05, 3.63) is 36.2 Å². The number of esters is 1. The lowest BCUT2D eigenvalue weighted by molar-refractivity contribution is -0.151. The van der Waals surface area contributed by atoms with E-state index in [0.29, 0.717) is 11.5 Å². The number of oxazole rings is 1. The molecule has 132 valence electrons. The zero-order valence-electron chi connectivity index (χ0n) is 14.5. The largest absolute Gasteiger partial charge is 0.452 e. The van der Waals surface area contributed by atoms with Gasteiger partial charge in [-0.25, -0.2) is 9.78 Å². The Bertz CT molecular complexity index is 753. The predicted molar refractivity (Wildman–Crippen MR) is 93.6 cm³/mol. The highest BCUT2D eigenvalue weighted by molar-refractivity contribution is 5.89. The molecule has 25 heavy (non-hydrogen) atoms. The molecule has 0 radical (unpaired) electrons. The summed E-state index contributed by atoms with van der Waals surface area (Å²) in [5, 5.41) is 0. The number of hydrogen-bond acceptors (Lipinski definition) is 5. The second-order valence-electron chi connectivity index (χ2n) is 6.39. The molecule has 1 aromatic heterocycles. The molecule has 0 unspecified atom stereocenters. The van der Waals surface area contributed by atoms with Crippen LogP contribution in [0.25, 0.3) is 17.2 Å². The summed E-state index contributed by atoms with van der Waals surface area (Å²) in [6.45, 7) is 3.82. The third-order valence-electron chi connectivity index (χ3n) is 4.49. The van der Waals surface area contributed by atoms with E-state index < -0.39 is 5.97 Å². The summed E-state index contributed by atoms with van der Waals surface area (Å²) in [5.41, 5.74) is 1.37. The summed E-state index contributed by atoms with van der Waals surface area (Å²) < 4.78 is 10.5. The van der Waals surface area contributed by atoms with Crippen LogP contribution >= 0.6 is 0 Å². The van der Waals surface area contributed by atoms with Crippen molar-refractivity contribution in [3.63, 3.8) is 0 Å². The van der Waals surface area contributed by atoms with Gasteiger partial charge in [0.25, 0.3) is 5.91 Å². The number of fused-ring (bicyclic) bond motifs is 1. The molecular formula is C19H22N2O4. The van der Waals surface area contributed by atoms with Gasteiger partial charge in [0.1, 0.15) is 5.52 Å². The van der Waals surface area contributed by atoms with Crippen LogP contribution in [-0.2, 0) is 14.3 Å². The number of carbonyl (C=O) groups excluding carboxylic acids is 2. The lowest BCUT2D eigenvalue weighted by Crippen LogP contribution is -2.49. The van der Waals surface area contributed by atoms with Gasteiger partial charge in [-0.15, -0.1) is 0 Å². The first-order chi connectivity index (χ1) is 12.0. The molecule has 1 saturated heterocycles. The maximum Gasteiger partial charge on any atom is 0.331 e. The normalized spacial score (nSPS) is 21.0. The van der Waals surface area contributed by atoms with E-state index in [-0.39, 0.29) is 24.6 Å². The number of likely N-dealkylation sites (tertiary alicyclic amines) is 1. The summed E-state index contributed by atoms with van der Waals surface area (Å²) in [6, 6.07) is 7.71. The van der Waals surface area contributed by atoms with Crippen molar-refractivity contribution in [1.29, 1.82) is 0 Å². The van der Waals surface area contributed by atoms with Gasteiger partial charge >= 0.3 is 5.97 Å². The fourth-order valence-electron chi connectivity index (χ4n) is 3.27. The van der Waals surface area contributed by atoms with Gasteiger partial charge in [0, 0.05) is 24.2 Å². The monoisotopic (exact) mass is 342 g/mol. The van der Waals surface area contributed by atoms with Crippen molar-refractivity contribution in [2.75, 3.05) is 6.61 Å². The number of carbonyl (C=O) groups is 2. The summed E-state index contributed by atoms with van der Waals surface area (Å²) in [6.07, 6.45) is 5.77. The molecule has 6 heteroatoms. The standard InChI is InChI=1S/C19H22N2O4/c1-13-6-5-7-14(2)21(13)18(22)12-24-19(23)11-10-17-20-15-8-3-4-9-16(15)25-17/h3-4,8-11,13-14H,5-7,12H2,1-2H3/b11-10+/t13-,14-/m0/s1. The molecule has 0 bridgehead atoms. The fourth-order valence-corrected chi connectivity index (χ4v) is 3.27. The Morgan fingerprint density at radius 2 is 2.00 bits per heavy atom. The van der Waals surface area contributed by atoms with Crippen LogP contribution in [0.4, 0.5) is 0 Å². The highest BCUT2D eigenvalue weighted by Gasteiger charge is 2.29. The van der Waals surface area contributed by atoms with Crippen molar-refractivity contribution in [2.45, 2.75) is 45.2 Å². The molecule has 1 aromatic carbocycles. The van der Waals surface area contributed by atoms with Crippen molar-refractivity contribution in [1.82, 2.24) is 9.88 Å². The van der Waals surface area contributed by atoms with Crippen LogP contribution in [0.15, 0.2) is 34.8 Å². The summed E-state index contributed by atoms with van der Waals surface area (Å²) >= 11 is 0. The second-order valence-corrected chi connectivity index (χ2v) is 6.39. The third-order valence-corrected chi connectivity index (χ3v) is 4.49. The zero-order chi connectivity index (χ0) is 17.8. The SMILES string of the molecule is C[C@H]1CCC[C@H](C)N1C(=O)COC(=O)/C=C/c1nc2ccccc2o1. The maximum atomic E-state index is 12.3. The zero-order valence-corrected chi connectivity index (χ0v) is 14.5. The van der Waals surface area contributed by atoms with Gasteiger partial charge in [-0.1, -0.05) is 12.1 Å². The smallest absolute Gasteiger partial charge is 0.331 e. The van der Waals surface area contributed by atoms with Crippen molar-refractivity contribution in [3.8, 4) is 0 Å². The van der Waals surface area contributed by atoms with Crippen LogP contribution in [-0.4, -0.2) is 40.5 Å². The first-order valence-electron chi connectivity index (χ1n) is 8.56. The van der Waals surface area contributed by atoms with E-state index in [4.69, 9.17) is 9.15 Å². The van der Waals surface area contributed by atoms with Gasteiger partial charge in [-0.05, 0) is 45.2 Å². The molecule has 0 aliphatic carbocycles. The molecule has 0 saturated carbocycles. The Morgan fingerprint density at radius 3 is 2.72 bits per heavy atom. The van der Waals surface area contributed by atoms with Gasteiger partial charge in [0.15, 0.2) is 12.2 Å². The van der Waals surface area contributed by atoms with E-state index in [1.807, 2.05) is 36.9 Å². The quantitative estimate of drug-likeness (QED) is 0.630. The first-order valence-corrected chi connectivity index (χ1v) is 8.56. The van der Waals surface area contributed by atoms with Crippen LogP contribution in [0.1, 0.15) is 39.0 Å². The average Bonchev–Trinajstić information content (AvgIpc) is 3.01. The van der Waals surface area contributed by atoms with Gasteiger partial charge < -0.3 is 14.1 Å². The fraction of sp³-hybridized carbons (Fsp3) is 0.421. The van der Waals surface area contributed by atoms with Gasteiger partial charge in [-0.2, -0.15) is 0 Å². The lowest BCUT2D eigenvalue weighted by Gasteiger charge is -2.38. The number of para-hydroxylation sites is 2. The van der Waals surface area contributed by atoms with Crippen LogP contribution in [0, 0.1) is 0 Å². The van der Waals surface area contributed by atoms with Gasteiger partial charge in [-0.3, -0.25) is 4.79 Å². The molecule has 3 rings (SSSR count). The highest BCUT2D eigenvalue weighted by Crippen LogP contribution is 2.22. The number of benzene rings is 1. The number of ether oxygens (including phenoxy) is 1. The highest BCUT2D eigenvalue weighted by atomic mass is 16.5. The number of nitrogens with zero attached hydrogens (tertiary/aromatic N) is 2. The number of amides is 1. The number of piperidine rings is 1. The molecule has 0 N–H and O–H groups in total. The Morgan fingerprint density at radius 1 is 1.28 bits per heavy atom. The van der Waals surface area contributed by atoms with Crippen molar-refractivity contribution in [2.24, 2.45) is 0 Å². The molecule has 2 aromatic rings. The third kappa shape index (κ3) is 4.07. The molecule has 1 aliphatic heterocycles. The summed E-state index contributed by atoms with van der Waals surface area (Å²) in [7, 11) is 0. The van der Waals surface area contributed by atoms with Gasteiger partial charge in [0.2, 0.25) is 5.89 Å². The molecule has 1 amide bonds.